The molecule has 2 aliphatic rings. The first kappa shape index (κ1) is 15.8. The summed E-state index contributed by atoms with van der Waals surface area (Å²) in [6, 6.07) is 6.07. The molecule has 24 heavy (non-hydrogen) atoms. The highest BCUT2D eigenvalue weighted by Gasteiger charge is 2.38. The van der Waals surface area contributed by atoms with Gasteiger partial charge in [0, 0.05) is 23.5 Å². The number of benzene rings is 1. The molecule has 7 heteroatoms. The van der Waals surface area contributed by atoms with E-state index in [1.165, 1.54) is 0 Å². The topological polar surface area (TPSA) is 83.4 Å². The maximum absolute atomic E-state index is 6.22. The molecule has 2 N–H and O–H groups in total. The Morgan fingerprint density at radius 3 is 2.75 bits per heavy atom. The quantitative estimate of drug-likeness (QED) is 0.833. The van der Waals surface area contributed by atoms with Crippen LogP contribution in [0.15, 0.2) is 27.6 Å². The molecule has 0 spiro atoms. The minimum atomic E-state index is -0.358. The highest BCUT2D eigenvalue weighted by molar-refractivity contribution is 7.99. The van der Waals surface area contributed by atoms with E-state index in [4.69, 9.17) is 19.7 Å². The van der Waals surface area contributed by atoms with Gasteiger partial charge < -0.3 is 19.7 Å². The van der Waals surface area contributed by atoms with E-state index >= 15 is 0 Å². The number of hydrogen-bond acceptors (Lipinski definition) is 7. The van der Waals surface area contributed by atoms with Gasteiger partial charge in [-0.15, -0.1) is 11.8 Å². The summed E-state index contributed by atoms with van der Waals surface area (Å²) in [5.41, 5.74) is 5.86. The largest absolute Gasteiger partial charge is 0.490 e. The van der Waals surface area contributed by atoms with Crippen molar-refractivity contribution in [1.82, 2.24) is 10.1 Å². The van der Waals surface area contributed by atoms with E-state index in [0.717, 1.165) is 54.3 Å². The Hall–Kier alpha value is -1.73. The summed E-state index contributed by atoms with van der Waals surface area (Å²) in [6.45, 7) is 1.41. The smallest absolute Gasteiger partial charge is 0.227 e. The molecule has 1 aliphatic heterocycles. The minimum Gasteiger partial charge on any atom is -0.490 e. The first-order chi connectivity index (χ1) is 11.7. The van der Waals surface area contributed by atoms with Gasteiger partial charge in [-0.25, -0.2) is 0 Å². The van der Waals surface area contributed by atoms with Crippen LogP contribution in [0.2, 0.25) is 0 Å². The maximum Gasteiger partial charge on any atom is 0.227 e. The van der Waals surface area contributed by atoms with E-state index in [9.17, 15) is 0 Å². The second-order valence-corrected chi connectivity index (χ2v) is 7.45. The molecule has 0 saturated heterocycles. The molecule has 1 aromatic carbocycles. The number of aromatic nitrogens is 2. The summed E-state index contributed by atoms with van der Waals surface area (Å²) in [4.78, 5) is 5.60. The standard InChI is InChI=1S/C17H21N3O3S/c18-17(6-1-7-17)16-19-15(23-20-16)5-10-24-12-3-4-13-14(11-12)22-9-2-8-21-13/h3-4,11H,1-2,5-10,18H2. The number of ether oxygens (including phenoxy) is 2. The van der Waals surface area contributed by atoms with Crippen molar-refractivity contribution in [3.8, 4) is 11.5 Å². The number of nitrogens with two attached hydrogens (primary N) is 1. The van der Waals surface area contributed by atoms with Gasteiger partial charge in [-0.1, -0.05) is 5.16 Å². The van der Waals surface area contributed by atoms with Crippen molar-refractivity contribution < 1.29 is 14.0 Å². The van der Waals surface area contributed by atoms with E-state index in [2.05, 4.69) is 16.2 Å². The van der Waals surface area contributed by atoms with Crippen LogP contribution in [0.4, 0.5) is 0 Å². The Morgan fingerprint density at radius 2 is 1.96 bits per heavy atom. The SMILES string of the molecule is NC1(c2noc(CCSc3ccc4c(c3)OCCCO4)n2)CCC1. The number of fused-ring (bicyclic) bond motifs is 1. The Bertz CT molecular complexity index is 715. The molecule has 1 fully saturated rings. The highest BCUT2D eigenvalue weighted by atomic mass is 32.2. The molecule has 0 bridgehead atoms. The van der Waals surface area contributed by atoms with E-state index in [1.807, 2.05) is 12.1 Å². The Balaban J connectivity index is 1.33. The van der Waals surface area contributed by atoms with Crippen molar-refractivity contribution in [3.05, 3.63) is 29.9 Å². The predicted molar refractivity (Wildman–Crippen MR) is 90.5 cm³/mol. The molecular formula is C17H21N3O3S. The summed E-state index contributed by atoms with van der Waals surface area (Å²) in [5.74, 6) is 3.83. The van der Waals surface area contributed by atoms with Crippen molar-refractivity contribution in [3.63, 3.8) is 0 Å². The van der Waals surface area contributed by atoms with Gasteiger partial charge in [0.1, 0.15) is 0 Å². The summed E-state index contributed by atoms with van der Waals surface area (Å²) in [6.07, 6.45) is 4.66. The monoisotopic (exact) mass is 347 g/mol. The first-order valence-corrected chi connectivity index (χ1v) is 9.36. The summed E-state index contributed by atoms with van der Waals surface area (Å²) < 4.78 is 16.7. The third-order valence-corrected chi connectivity index (χ3v) is 5.46. The minimum absolute atomic E-state index is 0.358. The van der Waals surface area contributed by atoms with Crippen LogP contribution in [-0.4, -0.2) is 29.1 Å². The number of nitrogens with zero attached hydrogens (tertiary/aromatic N) is 2. The molecule has 128 valence electrons. The van der Waals surface area contributed by atoms with Crippen molar-refractivity contribution >= 4 is 11.8 Å². The van der Waals surface area contributed by atoms with Gasteiger partial charge in [0.05, 0.1) is 18.8 Å². The zero-order valence-electron chi connectivity index (χ0n) is 13.5. The fourth-order valence-corrected chi connectivity index (χ4v) is 3.70. The summed E-state index contributed by atoms with van der Waals surface area (Å²) in [5, 5.41) is 4.05. The lowest BCUT2D eigenvalue weighted by Crippen LogP contribution is -2.44. The highest BCUT2D eigenvalue weighted by Crippen LogP contribution is 2.37. The lowest BCUT2D eigenvalue weighted by molar-refractivity contribution is 0.229. The zero-order valence-corrected chi connectivity index (χ0v) is 14.3. The maximum atomic E-state index is 6.22. The van der Waals surface area contributed by atoms with Crippen molar-refractivity contribution in [2.45, 2.75) is 42.5 Å². The molecule has 2 aromatic rings. The van der Waals surface area contributed by atoms with Crippen LogP contribution in [0.1, 0.15) is 37.4 Å². The Labute approximate surface area is 145 Å². The van der Waals surface area contributed by atoms with E-state index < -0.39 is 0 Å². The third-order valence-electron chi connectivity index (χ3n) is 4.46. The van der Waals surface area contributed by atoms with Gasteiger partial charge >= 0.3 is 0 Å². The number of thioether (sulfide) groups is 1. The molecule has 1 aliphatic carbocycles. The van der Waals surface area contributed by atoms with Gasteiger partial charge in [-0.3, -0.25) is 0 Å². The summed E-state index contributed by atoms with van der Waals surface area (Å²) >= 11 is 1.74. The lowest BCUT2D eigenvalue weighted by atomic mass is 9.77. The van der Waals surface area contributed by atoms with Crippen LogP contribution >= 0.6 is 11.8 Å². The second kappa shape index (κ2) is 6.64. The van der Waals surface area contributed by atoms with Crippen LogP contribution in [0, 0.1) is 0 Å². The van der Waals surface area contributed by atoms with E-state index in [-0.39, 0.29) is 5.54 Å². The van der Waals surface area contributed by atoms with Gasteiger partial charge in [-0.2, -0.15) is 4.98 Å². The van der Waals surface area contributed by atoms with Crippen LogP contribution in [-0.2, 0) is 12.0 Å². The van der Waals surface area contributed by atoms with Crippen LogP contribution in [0.5, 0.6) is 11.5 Å². The number of rotatable bonds is 5. The molecule has 4 rings (SSSR count). The zero-order chi connectivity index (χ0) is 16.4. The average molecular weight is 347 g/mol. The van der Waals surface area contributed by atoms with Gasteiger partial charge in [-0.05, 0) is 37.5 Å². The predicted octanol–water partition coefficient (Wildman–Crippen LogP) is 2.90. The van der Waals surface area contributed by atoms with Gasteiger partial charge in [0.15, 0.2) is 17.3 Å². The normalized spacial score (nSPS) is 18.7. The van der Waals surface area contributed by atoms with E-state index in [0.29, 0.717) is 24.9 Å². The van der Waals surface area contributed by atoms with Crippen LogP contribution in [0.25, 0.3) is 0 Å². The van der Waals surface area contributed by atoms with Gasteiger partial charge in [0.25, 0.3) is 0 Å². The number of hydrogen-bond donors (Lipinski definition) is 1. The Kier molecular flexibility index (Phi) is 4.37. The fourth-order valence-electron chi connectivity index (χ4n) is 2.83. The van der Waals surface area contributed by atoms with E-state index in [1.54, 1.807) is 11.8 Å². The molecule has 0 radical (unpaired) electrons. The van der Waals surface area contributed by atoms with Crippen LogP contribution in [0.3, 0.4) is 0 Å². The number of aryl methyl sites for hydroxylation is 1. The molecule has 2 heterocycles. The second-order valence-electron chi connectivity index (χ2n) is 6.28. The van der Waals surface area contributed by atoms with Crippen LogP contribution < -0.4 is 15.2 Å². The molecule has 6 nitrogen and oxygen atoms in total. The average Bonchev–Trinajstić information content (AvgIpc) is 2.91. The molecule has 0 atom stereocenters. The van der Waals surface area contributed by atoms with Gasteiger partial charge in [0.2, 0.25) is 5.89 Å². The molecule has 1 saturated carbocycles. The van der Waals surface area contributed by atoms with Crippen molar-refractivity contribution in [2.75, 3.05) is 19.0 Å². The Morgan fingerprint density at radius 1 is 1.12 bits per heavy atom. The fraction of sp³-hybridized carbons (Fsp3) is 0.529. The molecule has 1 aromatic heterocycles. The third kappa shape index (κ3) is 3.23. The van der Waals surface area contributed by atoms with Crippen molar-refractivity contribution in [1.29, 1.82) is 0 Å². The lowest BCUT2D eigenvalue weighted by Gasteiger charge is -2.34. The molecule has 0 unspecified atom stereocenters. The summed E-state index contributed by atoms with van der Waals surface area (Å²) in [7, 11) is 0. The first-order valence-electron chi connectivity index (χ1n) is 8.37. The molecular weight excluding hydrogens is 326 g/mol. The molecule has 0 amide bonds. The van der Waals surface area contributed by atoms with Crippen molar-refractivity contribution in [2.24, 2.45) is 5.73 Å².